The number of benzene rings is 1. The third-order valence-electron chi connectivity index (χ3n) is 3.45. The number of hydrogen-bond donors (Lipinski definition) is 0. The minimum atomic E-state index is 0.0965. The summed E-state index contributed by atoms with van der Waals surface area (Å²) in [6.07, 6.45) is 4.20. The second-order valence-electron chi connectivity index (χ2n) is 4.93. The Kier molecular flexibility index (Phi) is 4.70. The van der Waals surface area contributed by atoms with Crippen LogP contribution in [0.1, 0.15) is 39.5 Å². The Morgan fingerprint density at radius 3 is 2.16 bits per heavy atom. The van der Waals surface area contributed by atoms with E-state index in [4.69, 9.17) is 11.6 Å². The molecule has 0 amide bonds. The second kappa shape index (κ2) is 6.29. The van der Waals surface area contributed by atoms with Crippen molar-refractivity contribution in [2.75, 3.05) is 0 Å². The zero-order valence-corrected chi connectivity index (χ0v) is 12.4. The van der Waals surface area contributed by atoms with E-state index < -0.39 is 0 Å². The Morgan fingerprint density at radius 2 is 1.58 bits per heavy atom. The van der Waals surface area contributed by atoms with E-state index in [2.05, 4.69) is 13.8 Å². The SMILES string of the molecule is CCCCn1c(=O)n(CCCC)c2cc(Cl)ccc21. The van der Waals surface area contributed by atoms with Crippen LogP contribution in [0.25, 0.3) is 11.0 Å². The summed E-state index contributed by atoms with van der Waals surface area (Å²) in [5, 5.41) is 0.686. The first-order chi connectivity index (χ1) is 9.19. The normalized spacial score (nSPS) is 11.3. The summed E-state index contributed by atoms with van der Waals surface area (Å²) in [5.74, 6) is 0. The van der Waals surface area contributed by atoms with Crippen LogP contribution in [0.3, 0.4) is 0 Å². The molecule has 104 valence electrons. The van der Waals surface area contributed by atoms with E-state index in [1.54, 1.807) is 0 Å². The maximum atomic E-state index is 12.5. The van der Waals surface area contributed by atoms with Crippen molar-refractivity contribution in [1.29, 1.82) is 0 Å². The Labute approximate surface area is 118 Å². The fraction of sp³-hybridized carbons (Fsp3) is 0.533. The highest BCUT2D eigenvalue weighted by Crippen LogP contribution is 2.19. The lowest BCUT2D eigenvalue weighted by atomic mass is 10.3. The number of halogens is 1. The quantitative estimate of drug-likeness (QED) is 0.784. The van der Waals surface area contributed by atoms with E-state index in [1.165, 1.54) is 0 Å². The molecule has 0 saturated heterocycles. The maximum Gasteiger partial charge on any atom is 0.329 e. The molecule has 2 aromatic rings. The van der Waals surface area contributed by atoms with E-state index in [9.17, 15) is 4.79 Å². The van der Waals surface area contributed by atoms with Gasteiger partial charge in [-0.1, -0.05) is 38.3 Å². The standard InChI is InChI=1S/C15H21ClN2O/c1-3-5-9-17-13-8-7-12(16)11-14(13)18(15(17)19)10-6-4-2/h7-8,11H,3-6,9-10H2,1-2H3. The van der Waals surface area contributed by atoms with Crippen molar-refractivity contribution in [1.82, 2.24) is 9.13 Å². The van der Waals surface area contributed by atoms with Crippen LogP contribution in [0.4, 0.5) is 0 Å². The zero-order valence-electron chi connectivity index (χ0n) is 11.7. The summed E-state index contributed by atoms with van der Waals surface area (Å²) < 4.78 is 3.74. The maximum absolute atomic E-state index is 12.5. The van der Waals surface area contributed by atoms with Gasteiger partial charge in [0.2, 0.25) is 0 Å². The molecule has 0 bridgehead atoms. The van der Waals surface area contributed by atoms with E-state index in [1.807, 2.05) is 27.3 Å². The highest BCUT2D eigenvalue weighted by molar-refractivity contribution is 6.31. The van der Waals surface area contributed by atoms with Gasteiger partial charge in [-0.25, -0.2) is 4.79 Å². The van der Waals surface area contributed by atoms with Gasteiger partial charge in [0.05, 0.1) is 11.0 Å². The first kappa shape index (κ1) is 14.2. The summed E-state index contributed by atoms with van der Waals surface area (Å²) in [4.78, 5) is 12.5. The van der Waals surface area contributed by atoms with E-state index in [0.717, 1.165) is 49.8 Å². The van der Waals surface area contributed by atoms with E-state index >= 15 is 0 Å². The molecule has 3 nitrogen and oxygen atoms in total. The molecule has 1 heterocycles. The van der Waals surface area contributed by atoms with Crippen LogP contribution >= 0.6 is 11.6 Å². The van der Waals surface area contributed by atoms with Gasteiger partial charge in [-0.2, -0.15) is 0 Å². The largest absolute Gasteiger partial charge is 0.329 e. The summed E-state index contributed by atoms with van der Waals surface area (Å²) in [5.41, 5.74) is 2.06. The van der Waals surface area contributed by atoms with Gasteiger partial charge >= 0.3 is 5.69 Å². The van der Waals surface area contributed by atoms with Crippen molar-refractivity contribution < 1.29 is 0 Å². The van der Waals surface area contributed by atoms with Crippen molar-refractivity contribution in [3.8, 4) is 0 Å². The number of rotatable bonds is 6. The first-order valence-electron chi connectivity index (χ1n) is 7.07. The van der Waals surface area contributed by atoms with Crippen molar-refractivity contribution in [3.05, 3.63) is 33.7 Å². The summed E-state index contributed by atoms with van der Waals surface area (Å²) in [6, 6.07) is 5.71. The molecule has 2 rings (SSSR count). The Bertz CT molecular complexity index is 612. The molecule has 0 fully saturated rings. The summed E-state index contributed by atoms with van der Waals surface area (Å²) >= 11 is 6.07. The topological polar surface area (TPSA) is 26.9 Å². The number of imidazole rings is 1. The van der Waals surface area contributed by atoms with Gasteiger partial charge in [0.15, 0.2) is 0 Å². The average Bonchev–Trinajstić information content (AvgIpc) is 2.65. The van der Waals surface area contributed by atoms with Crippen LogP contribution in [0.2, 0.25) is 5.02 Å². The van der Waals surface area contributed by atoms with Gasteiger partial charge in [0.25, 0.3) is 0 Å². The predicted molar refractivity (Wildman–Crippen MR) is 81.0 cm³/mol. The van der Waals surface area contributed by atoms with Crippen molar-refractivity contribution in [2.45, 2.75) is 52.6 Å². The van der Waals surface area contributed by atoms with Crippen LogP contribution in [0.15, 0.2) is 23.0 Å². The lowest BCUT2D eigenvalue weighted by Gasteiger charge is -2.01. The average molecular weight is 281 g/mol. The van der Waals surface area contributed by atoms with Gasteiger partial charge in [-0.3, -0.25) is 9.13 Å². The lowest BCUT2D eigenvalue weighted by Crippen LogP contribution is -2.24. The molecule has 0 aliphatic carbocycles. The Balaban J connectivity index is 2.55. The minimum Gasteiger partial charge on any atom is -0.292 e. The molecule has 0 aliphatic rings. The molecule has 0 aliphatic heterocycles. The summed E-state index contributed by atoms with van der Waals surface area (Å²) in [6.45, 7) is 5.82. The molecule has 0 N–H and O–H groups in total. The second-order valence-corrected chi connectivity index (χ2v) is 5.36. The van der Waals surface area contributed by atoms with Crippen molar-refractivity contribution in [3.63, 3.8) is 0 Å². The molecule has 1 aromatic heterocycles. The minimum absolute atomic E-state index is 0.0965. The van der Waals surface area contributed by atoms with Gasteiger partial charge in [0, 0.05) is 18.1 Å². The number of aromatic nitrogens is 2. The molecule has 19 heavy (non-hydrogen) atoms. The van der Waals surface area contributed by atoms with Gasteiger partial charge in [0.1, 0.15) is 0 Å². The number of aryl methyl sites for hydroxylation is 2. The van der Waals surface area contributed by atoms with Crippen molar-refractivity contribution >= 4 is 22.6 Å². The van der Waals surface area contributed by atoms with E-state index in [0.29, 0.717) is 5.02 Å². The highest BCUT2D eigenvalue weighted by Gasteiger charge is 2.12. The van der Waals surface area contributed by atoms with Crippen LogP contribution < -0.4 is 5.69 Å². The molecular formula is C15H21ClN2O. The highest BCUT2D eigenvalue weighted by atomic mass is 35.5. The molecule has 0 unspecified atom stereocenters. The van der Waals surface area contributed by atoms with Gasteiger partial charge < -0.3 is 0 Å². The van der Waals surface area contributed by atoms with Gasteiger partial charge in [-0.05, 0) is 31.0 Å². The smallest absolute Gasteiger partial charge is 0.292 e. The number of unbranched alkanes of at least 4 members (excludes halogenated alkanes) is 2. The zero-order chi connectivity index (χ0) is 13.8. The van der Waals surface area contributed by atoms with Gasteiger partial charge in [-0.15, -0.1) is 0 Å². The molecular weight excluding hydrogens is 260 g/mol. The monoisotopic (exact) mass is 280 g/mol. The third kappa shape index (κ3) is 2.86. The number of fused-ring (bicyclic) bond motifs is 1. The Hall–Kier alpha value is -1.22. The number of nitrogens with zero attached hydrogens (tertiary/aromatic N) is 2. The molecule has 1 aromatic carbocycles. The van der Waals surface area contributed by atoms with Crippen LogP contribution in [0.5, 0.6) is 0 Å². The lowest BCUT2D eigenvalue weighted by molar-refractivity contribution is 0.574. The van der Waals surface area contributed by atoms with Crippen molar-refractivity contribution in [2.24, 2.45) is 0 Å². The summed E-state index contributed by atoms with van der Waals surface area (Å²) in [7, 11) is 0. The molecule has 0 saturated carbocycles. The van der Waals surface area contributed by atoms with E-state index in [-0.39, 0.29) is 5.69 Å². The van der Waals surface area contributed by atoms with Crippen LogP contribution in [-0.2, 0) is 13.1 Å². The molecule has 4 heteroatoms. The first-order valence-corrected chi connectivity index (χ1v) is 7.45. The molecule has 0 radical (unpaired) electrons. The fourth-order valence-electron chi connectivity index (χ4n) is 2.36. The fourth-order valence-corrected chi connectivity index (χ4v) is 2.52. The predicted octanol–water partition coefficient (Wildman–Crippen LogP) is 4.06. The number of hydrogen-bond acceptors (Lipinski definition) is 1. The molecule has 0 spiro atoms. The Morgan fingerprint density at radius 1 is 1.00 bits per heavy atom. The van der Waals surface area contributed by atoms with Crippen LogP contribution in [-0.4, -0.2) is 9.13 Å². The third-order valence-corrected chi connectivity index (χ3v) is 3.69. The van der Waals surface area contributed by atoms with Crippen LogP contribution in [0, 0.1) is 0 Å². The molecule has 0 atom stereocenters.